The number of carbonyl (C=O) groups is 1. The molecule has 1 heterocycles. The van der Waals surface area contributed by atoms with Crippen molar-refractivity contribution >= 4 is 32.6 Å². The molecule has 2 unspecified atom stereocenters. The van der Waals surface area contributed by atoms with Gasteiger partial charge in [0.05, 0.1) is 17.4 Å². The molecule has 0 radical (unpaired) electrons. The molecule has 0 aliphatic heterocycles. The molecule has 0 spiro atoms. The molecular weight excluding hydrogens is 514 g/mol. The van der Waals surface area contributed by atoms with Crippen LogP contribution in [0.15, 0.2) is 88.1 Å². The summed E-state index contributed by atoms with van der Waals surface area (Å²) < 4.78 is 2.72. The summed E-state index contributed by atoms with van der Waals surface area (Å²) in [6.07, 6.45) is 1.37. The summed E-state index contributed by atoms with van der Waals surface area (Å²) in [4.78, 5) is 34.8. The van der Waals surface area contributed by atoms with Crippen molar-refractivity contribution in [3.05, 3.63) is 111 Å². The maximum atomic E-state index is 13.9. The first-order valence-electron chi connectivity index (χ1n) is 12.4. The third kappa shape index (κ3) is 5.82. The molecule has 36 heavy (non-hydrogen) atoms. The van der Waals surface area contributed by atoms with Gasteiger partial charge in [0.1, 0.15) is 5.82 Å². The molecule has 0 bridgehead atoms. The van der Waals surface area contributed by atoms with Crippen LogP contribution in [-0.4, -0.2) is 40.9 Å². The lowest BCUT2D eigenvalue weighted by Gasteiger charge is -2.28. The van der Waals surface area contributed by atoms with Gasteiger partial charge in [0, 0.05) is 21.9 Å². The standard InChI is InChI=1S/C30H32BrN3O2/c1-4-24(25(18-19-33(2)3)28(35)22-14-16-23(31)17-15-22)29-32-27-13-9-8-12-26(27)30(36)34(29)20-21-10-6-5-7-11-21/h5-17,24-25H,4,18-20H2,1-3H3. The van der Waals surface area contributed by atoms with Crippen LogP contribution in [0.4, 0.5) is 0 Å². The van der Waals surface area contributed by atoms with Crippen LogP contribution < -0.4 is 5.56 Å². The zero-order chi connectivity index (χ0) is 25.7. The second kappa shape index (κ2) is 11.8. The van der Waals surface area contributed by atoms with Crippen molar-refractivity contribution in [2.24, 2.45) is 5.92 Å². The molecular formula is C30H32BrN3O2. The molecule has 186 valence electrons. The van der Waals surface area contributed by atoms with Gasteiger partial charge in [0.25, 0.3) is 5.56 Å². The zero-order valence-corrected chi connectivity index (χ0v) is 22.6. The predicted octanol–water partition coefficient (Wildman–Crippen LogP) is 6.15. The van der Waals surface area contributed by atoms with E-state index in [-0.39, 0.29) is 23.2 Å². The molecule has 5 nitrogen and oxygen atoms in total. The topological polar surface area (TPSA) is 55.2 Å². The van der Waals surface area contributed by atoms with Gasteiger partial charge in [-0.25, -0.2) is 4.98 Å². The van der Waals surface area contributed by atoms with Crippen molar-refractivity contribution in [1.82, 2.24) is 14.5 Å². The Balaban J connectivity index is 1.87. The molecule has 3 aromatic carbocycles. The highest BCUT2D eigenvalue weighted by Gasteiger charge is 2.32. The summed E-state index contributed by atoms with van der Waals surface area (Å²) in [7, 11) is 4.03. The lowest BCUT2D eigenvalue weighted by atomic mass is 9.80. The molecule has 4 rings (SSSR count). The Labute approximate surface area is 220 Å². The highest BCUT2D eigenvalue weighted by molar-refractivity contribution is 9.10. The first-order chi connectivity index (χ1) is 17.4. The van der Waals surface area contributed by atoms with E-state index in [0.29, 0.717) is 41.7 Å². The van der Waals surface area contributed by atoms with Crippen LogP contribution in [0.2, 0.25) is 0 Å². The van der Waals surface area contributed by atoms with Crippen LogP contribution >= 0.6 is 15.9 Å². The van der Waals surface area contributed by atoms with E-state index in [0.717, 1.165) is 16.6 Å². The van der Waals surface area contributed by atoms with Crippen molar-refractivity contribution in [2.45, 2.75) is 32.2 Å². The fourth-order valence-electron chi connectivity index (χ4n) is 4.77. The van der Waals surface area contributed by atoms with Gasteiger partial charge in [-0.3, -0.25) is 14.2 Å². The smallest absolute Gasteiger partial charge is 0.261 e. The molecule has 0 amide bonds. The Morgan fingerprint density at radius 1 is 0.972 bits per heavy atom. The number of para-hydroxylation sites is 1. The van der Waals surface area contributed by atoms with Crippen molar-refractivity contribution in [1.29, 1.82) is 0 Å². The fraction of sp³-hybridized carbons (Fsp3) is 0.300. The quantitative estimate of drug-likeness (QED) is 0.224. The highest BCUT2D eigenvalue weighted by Crippen LogP contribution is 2.33. The summed E-state index contributed by atoms with van der Waals surface area (Å²) in [6, 6.07) is 25.0. The van der Waals surface area contributed by atoms with Crippen LogP contribution in [0, 0.1) is 5.92 Å². The lowest BCUT2D eigenvalue weighted by molar-refractivity contribution is 0.0878. The third-order valence-electron chi connectivity index (χ3n) is 6.68. The summed E-state index contributed by atoms with van der Waals surface area (Å²) in [6.45, 7) is 3.26. The number of rotatable bonds is 10. The van der Waals surface area contributed by atoms with Gasteiger partial charge in [-0.05, 0) is 63.3 Å². The first kappa shape index (κ1) is 26.0. The average Bonchev–Trinajstić information content (AvgIpc) is 2.89. The normalized spacial score (nSPS) is 13.1. The largest absolute Gasteiger partial charge is 0.309 e. The van der Waals surface area contributed by atoms with Gasteiger partial charge >= 0.3 is 0 Å². The number of nitrogens with zero attached hydrogens (tertiary/aromatic N) is 3. The van der Waals surface area contributed by atoms with E-state index in [1.165, 1.54) is 0 Å². The number of aromatic nitrogens is 2. The second-order valence-electron chi connectivity index (χ2n) is 9.45. The first-order valence-corrected chi connectivity index (χ1v) is 13.2. The zero-order valence-electron chi connectivity index (χ0n) is 21.0. The van der Waals surface area contributed by atoms with Crippen LogP contribution in [0.3, 0.4) is 0 Å². The molecule has 0 saturated heterocycles. The minimum atomic E-state index is -0.311. The number of Topliss-reactive ketones (excluding diaryl/α,β-unsaturated/α-hetero) is 1. The SMILES string of the molecule is CCC(c1nc2ccccc2c(=O)n1Cc1ccccc1)C(CCN(C)C)C(=O)c1ccc(Br)cc1. The van der Waals surface area contributed by atoms with Crippen LogP contribution in [-0.2, 0) is 6.54 Å². The van der Waals surface area contributed by atoms with Gasteiger partial charge in [-0.2, -0.15) is 0 Å². The predicted molar refractivity (Wildman–Crippen MR) is 150 cm³/mol. The lowest BCUT2D eigenvalue weighted by Crippen LogP contribution is -2.33. The van der Waals surface area contributed by atoms with Gasteiger partial charge < -0.3 is 4.90 Å². The molecule has 0 saturated carbocycles. The molecule has 6 heteroatoms. The molecule has 2 atom stereocenters. The Kier molecular flexibility index (Phi) is 8.49. The van der Waals surface area contributed by atoms with Crippen LogP contribution in [0.5, 0.6) is 0 Å². The van der Waals surface area contributed by atoms with E-state index < -0.39 is 0 Å². The van der Waals surface area contributed by atoms with Crippen molar-refractivity contribution in [3.63, 3.8) is 0 Å². The van der Waals surface area contributed by atoms with E-state index in [1.54, 1.807) is 4.57 Å². The minimum absolute atomic E-state index is 0.0691. The number of benzene rings is 3. The number of halogens is 1. The molecule has 0 fully saturated rings. The van der Waals surface area contributed by atoms with Crippen LogP contribution in [0.1, 0.15) is 47.4 Å². The maximum Gasteiger partial charge on any atom is 0.261 e. The molecule has 1 aromatic heterocycles. The van der Waals surface area contributed by atoms with E-state index in [4.69, 9.17) is 4.98 Å². The van der Waals surface area contributed by atoms with Crippen LogP contribution in [0.25, 0.3) is 10.9 Å². The highest BCUT2D eigenvalue weighted by atomic mass is 79.9. The van der Waals surface area contributed by atoms with Gasteiger partial charge in [-0.1, -0.05) is 77.5 Å². The summed E-state index contributed by atoms with van der Waals surface area (Å²) >= 11 is 3.47. The number of carbonyl (C=O) groups excluding carboxylic acids is 1. The van der Waals surface area contributed by atoms with Gasteiger partial charge in [0.2, 0.25) is 0 Å². The number of hydrogen-bond acceptors (Lipinski definition) is 4. The van der Waals surface area contributed by atoms with E-state index in [2.05, 4.69) is 27.8 Å². The van der Waals surface area contributed by atoms with Gasteiger partial charge in [0.15, 0.2) is 5.78 Å². The van der Waals surface area contributed by atoms with E-state index in [9.17, 15) is 9.59 Å². The minimum Gasteiger partial charge on any atom is -0.309 e. The van der Waals surface area contributed by atoms with E-state index >= 15 is 0 Å². The van der Waals surface area contributed by atoms with E-state index in [1.807, 2.05) is 93.0 Å². The summed E-state index contributed by atoms with van der Waals surface area (Å²) in [5.41, 5.74) is 2.30. The Morgan fingerprint density at radius 2 is 1.64 bits per heavy atom. The average molecular weight is 547 g/mol. The Morgan fingerprint density at radius 3 is 2.31 bits per heavy atom. The Bertz CT molecular complexity index is 1380. The van der Waals surface area contributed by atoms with Crippen molar-refractivity contribution in [2.75, 3.05) is 20.6 Å². The summed E-state index contributed by atoms with van der Waals surface area (Å²) in [5.74, 6) is 0.250. The Hall–Kier alpha value is -3.09. The monoisotopic (exact) mass is 545 g/mol. The number of hydrogen-bond donors (Lipinski definition) is 0. The number of fused-ring (bicyclic) bond motifs is 1. The maximum absolute atomic E-state index is 13.9. The van der Waals surface area contributed by atoms with Gasteiger partial charge in [-0.15, -0.1) is 0 Å². The molecule has 0 N–H and O–H groups in total. The third-order valence-corrected chi connectivity index (χ3v) is 7.21. The number of ketones is 1. The molecule has 0 aliphatic rings. The van der Waals surface area contributed by atoms with Crippen molar-refractivity contribution < 1.29 is 4.79 Å². The summed E-state index contributed by atoms with van der Waals surface area (Å²) in [5, 5.41) is 0.594. The molecule has 0 aliphatic carbocycles. The fourth-order valence-corrected chi connectivity index (χ4v) is 5.04. The second-order valence-corrected chi connectivity index (χ2v) is 10.4. The molecule has 4 aromatic rings. The van der Waals surface area contributed by atoms with Crippen molar-refractivity contribution in [3.8, 4) is 0 Å².